The molecule has 3 aromatic rings. The maximum atomic E-state index is 12.4. The lowest BCUT2D eigenvalue weighted by molar-refractivity contribution is -0.154. The number of esters is 1. The molecule has 0 saturated heterocycles. The highest BCUT2D eigenvalue weighted by atomic mass is 19.4. The zero-order valence-corrected chi connectivity index (χ0v) is 15.6. The molecule has 3 rings (SSSR count). The maximum absolute atomic E-state index is 12.4. The number of nitrogens with one attached hydrogen (secondary N) is 1. The Hall–Kier alpha value is -3.69. The van der Waals surface area contributed by atoms with Gasteiger partial charge in [0.05, 0.1) is 16.8 Å². The van der Waals surface area contributed by atoms with Crippen molar-refractivity contribution in [2.24, 2.45) is 0 Å². The molecular weight excluding hydrogens is 403 g/mol. The molecule has 30 heavy (non-hydrogen) atoms. The first-order valence-electron chi connectivity index (χ1n) is 8.74. The summed E-state index contributed by atoms with van der Waals surface area (Å²) in [6.45, 7) is -0.102. The van der Waals surface area contributed by atoms with Gasteiger partial charge < -0.3 is 14.8 Å². The van der Waals surface area contributed by atoms with E-state index in [1.807, 2.05) is 0 Å². The molecule has 0 aliphatic carbocycles. The molecule has 0 bridgehead atoms. The molecule has 2 aromatic heterocycles. The minimum atomic E-state index is -4.50. The summed E-state index contributed by atoms with van der Waals surface area (Å²) in [5.74, 6) is -1.70. The van der Waals surface area contributed by atoms with Crippen molar-refractivity contribution in [3.8, 4) is 5.88 Å². The molecule has 0 aliphatic rings. The summed E-state index contributed by atoms with van der Waals surface area (Å²) >= 11 is 0. The minimum absolute atomic E-state index is 0.0385. The van der Waals surface area contributed by atoms with E-state index in [1.165, 1.54) is 13.0 Å². The second kappa shape index (κ2) is 8.76. The number of ether oxygens (including phenoxy) is 2. The van der Waals surface area contributed by atoms with Crippen LogP contribution in [-0.2, 0) is 9.53 Å². The van der Waals surface area contributed by atoms with Gasteiger partial charge in [0.1, 0.15) is 0 Å². The molecule has 0 spiro atoms. The van der Waals surface area contributed by atoms with Gasteiger partial charge in [-0.15, -0.1) is 0 Å². The van der Waals surface area contributed by atoms with Crippen molar-refractivity contribution in [2.45, 2.75) is 19.2 Å². The molecule has 7 nitrogen and oxygen atoms in total. The monoisotopic (exact) mass is 419 g/mol. The van der Waals surface area contributed by atoms with E-state index >= 15 is 0 Å². The Bertz CT molecular complexity index is 1050. The van der Waals surface area contributed by atoms with Crippen LogP contribution in [0.1, 0.15) is 17.3 Å². The number of alkyl halides is 3. The number of carbonyl (C=O) groups excluding carboxylic acids is 2. The van der Waals surface area contributed by atoms with E-state index in [0.29, 0.717) is 11.2 Å². The van der Waals surface area contributed by atoms with E-state index in [9.17, 15) is 22.8 Å². The Morgan fingerprint density at radius 2 is 1.90 bits per heavy atom. The Labute approximate surface area is 168 Å². The third-order valence-electron chi connectivity index (χ3n) is 3.91. The van der Waals surface area contributed by atoms with Crippen LogP contribution in [0.25, 0.3) is 10.9 Å². The van der Waals surface area contributed by atoms with Gasteiger partial charge >= 0.3 is 12.1 Å². The van der Waals surface area contributed by atoms with Crippen molar-refractivity contribution < 1.29 is 32.2 Å². The molecule has 0 fully saturated rings. The summed E-state index contributed by atoms with van der Waals surface area (Å²) in [7, 11) is 0. The lowest BCUT2D eigenvalue weighted by atomic mass is 10.2. The molecule has 1 aromatic carbocycles. The highest BCUT2D eigenvalue weighted by Gasteiger charge is 2.28. The van der Waals surface area contributed by atoms with Crippen LogP contribution in [0.2, 0.25) is 0 Å². The van der Waals surface area contributed by atoms with Crippen molar-refractivity contribution in [3.05, 3.63) is 60.4 Å². The van der Waals surface area contributed by atoms with Crippen LogP contribution in [0.4, 0.5) is 18.9 Å². The summed E-state index contributed by atoms with van der Waals surface area (Å²) in [6.07, 6.45) is -2.99. The number of hydrogen-bond acceptors (Lipinski definition) is 6. The molecule has 0 saturated carbocycles. The van der Waals surface area contributed by atoms with Crippen molar-refractivity contribution in [1.82, 2.24) is 9.97 Å². The number of pyridine rings is 2. The fourth-order valence-corrected chi connectivity index (χ4v) is 2.47. The highest BCUT2D eigenvalue weighted by Crippen LogP contribution is 2.22. The lowest BCUT2D eigenvalue weighted by Crippen LogP contribution is -2.30. The average Bonchev–Trinajstić information content (AvgIpc) is 2.72. The van der Waals surface area contributed by atoms with Gasteiger partial charge in [-0.25, -0.2) is 9.78 Å². The van der Waals surface area contributed by atoms with Crippen LogP contribution >= 0.6 is 0 Å². The van der Waals surface area contributed by atoms with Gasteiger partial charge in [0.2, 0.25) is 5.88 Å². The number of nitrogens with zero attached hydrogens (tertiary/aromatic N) is 2. The van der Waals surface area contributed by atoms with Crippen molar-refractivity contribution in [1.29, 1.82) is 0 Å². The third kappa shape index (κ3) is 5.43. The molecule has 10 heteroatoms. The van der Waals surface area contributed by atoms with E-state index in [-0.39, 0.29) is 11.4 Å². The minimum Gasteiger partial charge on any atom is -0.468 e. The molecule has 2 heterocycles. The second-order valence-corrected chi connectivity index (χ2v) is 6.20. The summed E-state index contributed by atoms with van der Waals surface area (Å²) in [5.41, 5.74) is 1.17. The molecule has 1 amide bonds. The topological polar surface area (TPSA) is 90.4 Å². The SMILES string of the molecule is CC(OC(=O)c1ccc(OCC(F)(F)F)nc1)C(=O)Nc1cccc2ncccc12. The summed E-state index contributed by atoms with van der Waals surface area (Å²) in [6, 6.07) is 11.1. The van der Waals surface area contributed by atoms with Crippen LogP contribution < -0.4 is 10.1 Å². The van der Waals surface area contributed by atoms with E-state index in [4.69, 9.17) is 4.74 Å². The zero-order valence-electron chi connectivity index (χ0n) is 15.6. The fraction of sp³-hybridized carbons (Fsp3) is 0.200. The normalized spacial score (nSPS) is 12.3. The standard InChI is InChI=1S/C20H16F3N3O4/c1-12(18(27)26-16-6-2-5-15-14(16)4-3-9-24-15)30-19(28)13-7-8-17(25-10-13)29-11-20(21,22)23/h2-10,12H,11H2,1H3,(H,26,27). The number of hydrogen-bond donors (Lipinski definition) is 1. The van der Waals surface area contributed by atoms with Gasteiger partial charge in [-0.3, -0.25) is 9.78 Å². The average molecular weight is 419 g/mol. The molecular formula is C20H16F3N3O4. The lowest BCUT2D eigenvalue weighted by Gasteiger charge is -2.14. The molecule has 0 aliphatic heterocycles. The van der Waals surface area contributed by atoms with Crippen LogP contribution in [0, 0.1) is 0 Å². The van der Waals surface area contributed by atoms with E-state index in [1.54, 1.807) is 36.5 Å². The van der Waals surface area contributed by atoms with E-state index in [0.717, 1.165) is 17.6 Å². The number of halogens is 3. The van der Waals surface area contributed by atoms with E-state index < -0.39 is 30.8 Å². The smallest absolute Gasteiger partial charge is 0.422 e. The number of fused-ring (bicyclic) bond motifs is 1. The van der Waals surface area contributed by atoms with Gasteiger partial charge in [0.25, 0.3) is 5.91 Å². The molecule has 1 N–H and O–H groups in total. The first-order valence-corrected chi connectivity index (χ1v) is 8.74. The third-order valence-corrected chi connectivity index (χ3v) is 3.91. The molecule has 0 radical (unpaired) electrons. The Kier molecular flexibility index (Phi) is 6.14. The van der Waals surface area contributed by atoms with Crippen LogP contribution in [0.3, 0.4) is 0 Å². The highest BCUT2D eigenvalue weighted by molar-refractivity contribution is 6.03. The van der Waals surface area contributed by atoms with Gasteiger partial charge in [-0.1, -0.05) is 6.07 Å². The maximum Gasteiger partial charge on any atom is 0.422 e. The predicted molar refractivity (Wildman–Crippen MR) is 101 cm³/mol. The largest absolute Gasteiger partial charge is 0.468 e. The number of rotatable bonds is 6. The van der Waals surface area contributed by atoms with Crippen molar-refractivity contribution in [2.75, 3.05) is 11.9 Å². The molecule has 1 unspecified atom stereocenters. The number of anilines is 1. The van der Waals surface area contributed by atoms with Gasteiger partial charge in [0.15, 0.2) is 12.7 Å². The summed E-state index contributed by atoms with van der Waals surface area (Å²) < 4.78 is 46.0. The predicted octanol–water partition coefficient (Wildman–Crippen LogP) is 3.75. The van der Waals surface area contributed by atoms with E-state index in [2.05, 4.69) is 20.0 Å². The number of benzene rings is 1. The van der Waals surface area contributed by atoms with Gasteiger partial charge in [-0.05, 0) is 37.3 Å². The van der Waals surface area contributed by atoms with Crippen LogP contribution in [0.5, 0.6) is 5.88 Å². The zero-order chi connectivity index (χ0) is 21.7. The molecule has 156 valence electrons. The van der Waals surface area contributed by atoms with Gasteiger partial charge in [-0.2, -0.15) is 13.2 Å². The quantitative estimate of drug-likeness (QED) is 0.612. The number of aromatic nitrogens is 2. The first-order chi connectivity index (χ1) is 14.2. The number of carbonyl (C=O) groups is 2. The van der Waals surface area contributed by atoms with Crippen molar-refractivity contribution >= 4 is 28.5 Å². The van der Waals surface area contributed by atoms with Crippen molar-refractivity contribution in [3.63, 3.8) is 0 Å². The van der Waals surface area contributed by atoms with Crippen LogP contribution in [-0.4, -0.2) is 40.7 Å². The Morgan fingerprint density at radius 3 is 2.60 bits per heavy atom. The first kappa shape index (κ1) is 21.0. The summed E-state index contributed by atoms with van der Waals surface area (Å²) in [5, 5.41) is 3.41. The summed E-state index contributed by atoms with van der Waals surface area (Å²) in [4.78, 5) is 32.4. The fourth-order valence-electron chi connectivity index (χ4n) is 2.47. The Morgan fingerprint density at radius 1 is 1.10 bits per heavy atom. The second-order valence-electron chi connectivity index (χ2n) is 6.20. The number of amides is 1. The molecule has 1 atom stereocenters. The van der Waals surface area contributed by atoms with Crippen LogP contribution in [0.15, 0.2) is 54.9 Å². The Balaban J connectivity index is 1.60. The van der Waals surface area contributed by atoms with Gasteiger partial charge in [0, 0.05) is 23.8 Å².